The van der Waals surface area contributed by atoms with Gasteiger partial charge in [-0.25, -0.2) is 4.68 Å². The average molecular weight is 394 g/mol. The lowest BCUT2D eigenvalue weighted by molar-refractivity contribution is 0.780. The zero-order valence-electron chi connectivity index (χ0n) is 13.5. The van der Waals surface area contributed by atoms with Gasteiger partial charge in [0, 0.05) is 34.5 Å². The van der Waals surface area contributed by atoms with Gasteiger partial charge in [0.05, 0.1) is 23.0 Å². The van der Waals surface area contributed by atoms with E-state index in [9.17, 15) is 0 Å². The van der Waals surface area contributed by atoms with E-state index in [1.807, 2.05) is 41.2 Å². The number of fused-ring (bicyclic) bond motifs is 1. The number of rotatable bonds is 2. The second-order valence-corrected chi connectivity index (χ2v) is 6.94. The Morgan fingerprint density at radius 1 is 1.16 bits per heavy atom. The van der Waals surface area contributed by atoms with E-state index in [1.165, 1.54) is 5.56 Å². The Morgan fingerprint density at radius 2 is 2.00 bits per heavy atom. The summed E-state index contributed by atoms with van der Waals surface area (Å²) in [4.78, 5) is 4.29. The van der Waals surface area contributed by atoms with Gasteiger partial charge < -0.3 is 5.32 Å². The molecule has 2 aromatic heterocycles. The summed E-state index contributed by atoms with van der Waals surface area (Å²) in [5.74, 6) is 1.04. The number of nitrogens with zero attached hydrogens (tertiary/aromatic N) is 4. The molecule has 6 heteroatoms. The standard InChI is InChI=1S/C19H16BrN5/c20-15-9-14(11-22-12-15)18-17-3-1-2-8-23-19(17)25(24-18)16-6-4-13(10-21)5-7-16/h4-7,9,11-12,23H,1-3,8H2. The highest BCUT2D eigenvalue weighted by Crippen LogP contribution is 2.34. The van der Waals surface area contributed by atoms with Gasteiger partial charge in [0.15, 0.2) is 0 Å². The fourth-order valence-corrected chi connectivity index (χ4v) is 3.50. The van der Waals surface area contributed by atoms with Gasteiger partial charge in [-0.2, -0.15) is 10.4 Å². The third-order valence-electron chi connectivity index (χ3n) is 4.35. The SMILES string of the molecule is N#Cc1ccc(-n2nc(-c3cncc(Br)c3)c3c2NCCCC3)cc1. The van der Waals surface area contributed by atoms with E-state index < -0.39 is 0 Å². The number of pyridine rings is 1. The van der Waals surface area contributed by atoms with Gasteiger partial charge in [-0.15, -0.1) is 0 Å². The molecule has 3 heterocycles. The topological polar surface area (TPSA) is 66.5 Å². The molecule has 0 saturated carbocycles. The predicted molar refractivity (Wildman–Crippen MR) is 101 cm³/mol. The van der Waals surface area contributed by atoms with Crippen LogP contribution in [0.3, 0.4) is 0 Å². The maximum atomic E-state index is 9.01. The summed E-state index contributed by atoms with van der Waals surface area (Å²) in [6.45, 7) is 0.936. The molecular formula is C19H16BrN5. The van der Waals surface area contributed by atoms with Crippen LogP contribution in [0.4, 0.5) is 5.82 Å². The van der Waals surface area contributed by atoms with Crippen molar-refractivity contribution in [3.8, 4) is 23.0 Å². The van der Waals surface area contributed by atoms with Crippen LogP contribution in [0, 0.1) is 11.3 Å². The van der Waals surface area contributed by atoms with Crippen LogP contribution in [0.25, 0.3) is 16.9 Å². The number of hydrogen-bond donors (Lipinski definition) is 1. The summed E-state index contributed by atoms with van der Waals surface area (Å²) in [6.07, 6.45) is 6.88. The van der Waals surface area contributed by atoms with Crippen LogP contribution >= 0.6 is 15.9 Å². The van der Waals surface area contributed by atoms with Crippen LogP contribution in [0.5, 0.6) is 0 Å². The van der Waals surface area contributed by atoms with Crippen LogP contribution < -0.4 is 5.32 Å². The molecule has 0 unspecified atom stereocenters. The monoisotopic (exact) mass is 393 g/mol. The number of nitrogens with one attached hydrogen (secondary N) is 1. The van der Waals surface area contributed by atoms with Crippen LogP contribution in [-0.4, -0.2) is 21.3 Å². The van der Waals surface area contributed by atoms with E-state index >= 15 is 0 Å². The Morgan fingerprint density at radius 3 is 2.76 bits per heavy atom. The van der Waals surface area contributed by atoms with Gasteiger partial charge in [-0.1, -0.05) is 0 Å². The van der Waals surface area contributed by atoms with E-state index in [0.717, 1.165) is 53.0 Å². The van der Waals surface area contributed by atoms with Gasteiger partial charge in [0.2, 0.25) is 0 Å². The Kier molecular flexibility index (Phi) is 4.24. The van der Waals surface area contributed by atoms with Gasteiger partial charge in [0.25, 0.3) is 0 Å². The number of anilines is 1. The quantitative estimate of drug-likeness (QED) is 0.703. The number of nitriles is 1. The second kappa shape index (κ2) is 6.69. The fraction of sp³-hybridized carbons (Fsp3) is 0.211. The predicted octanol–water partition coefficient (Wildman–Crippen LogP) is 4.32. The lowest BCUT2D eigenvalue weighted by Crippen LogP contribution is -2.07. The molecular weight excluding hydrogens is 378 g/mol. The Balaban J connectivity index is 1.88. The smallest absolute Gasteiger partial charge is 0.133 e. The molecule has 0 aliphatic carbocycles. The highest BCUT2D eigenvalue weighted by atomic mass is 79.9. The van der Waals surface area contributed by atoms with Crippen LogP contribution in [0.1, 0.15) is 24.0 Å². The number of halogens is 1. The molecule has 1 aromatic carbocycles. The summed E-state index contributed by atoms with van der Waals surface area (Å²) >= 11 is 3.50. The third-order valence-corrected chi connectivity index (χ3v) is 4.78. The maximum Gasteiger partial charge on any atom is 0.133 e. The Labute approximate surface area is 154 Å². The van der Waals surface area contributed by atoms with Crippen molar-refractivity contribution in [1.82, 2.24) is 14.8 Å². The number of aromatic nitrogens is 3. The van der Waals surface area contributed by atoms with Crippen molar-refractivity contribution >= 4 is 21.7 Å². The third kappa shape index (κ3) is 3.03. The first kappa shape index (κ1) is 15.9. The van der Waals surface area contributed by atoms with Crippen molar-refractivity contribution in [2.45, 2.75) is 19.3 Å². The van der Waals surface area contributed by atoms with Gasteiger partial charge in [0.1, 0.15) is 5.82 Å². The van der Waals surface area contributed by atoms with Crippen molar-refractivity contribution in [3.63, 3.8) is 0 Å². The molecule has 0 amide bonds. The summed E-state index contributed by atoms with van der Waals surface area (Å²) in [5, 5.41) is 17.4. The maximum absolute atomic E-state index is 9.01. The van der Waals surface area contributed by atoms with Crippen molar-refractivity contribution in [3.05, 3.63) is 58.3 Å². The van der Waals surface area contributed by atoms with Gasteiger partial charge in [-0.05, 0) is 65.5 Å². The molecule has 124 valence electrons. The van der Waals surface area contributed by atoms with E-state index in [0.29, 0.717) is 5.56 Å². The first-order valence-corrected chi connectivity index (χ1v) is 9.03. The minimum absolute atomic E-state index is 0.645. The van der Waals surface area contributed by atoms with E-state index in [2.05, 4.69) is 32.3 Å². The lowest BCUT2D eigenvalue weighted by Gasteiger charge is -2.09. The van der Waals surface area contributed by atoms with Crippen molar-refractivity contribution < 1.29 is 0 Å². The Hall–Kier alpha value is -2.65. The first-order valence-electron chi connectivity index (χ1n) is 8.23. The van der Waals surface area contributed by atoms with Crippen molar-refractivity contribution in [2.75, 3.05) is 11.9 Å². The fourth-order valence-electron chi connectivity index (χ4n) is 3.14. The molecule has 1 aliphatic rings. The highest BCUT2D eigenvalue weighted by molar-refractivity contribution is 9.10. The van der Waals surface area contributed by atoms with Gasteiger partial charge in [-0.3, -0.25) is 4.98 Å². The lowest BCUT2D eigenvalue weighted by atomic mass is 10.1. The molecule has 0 bridgehead atoms. The molecule has 0 radical (unpaired) electrons. The summed E-state index contributed by atoms with van der Waals surface area (Å²) in [5.41, 5.74) is 4.77. The molecule has 0 saturated heterocycles. The van der Waals surface area contributed by atoms with Gasteiger partial charge >= 0.3 is 0 Å². The second-order valence-electron chi connectivity index (χ2n) is 6.02. The van der Waals surface area contributed by atoms with E-state index in [-0.39, 0.29) is 0 Å². The normalized spacial score (nSPS) is 13.4. The van der Waals surface area contributed by atoms with Crippen LogP contribution in [0.15, 0.2) is 47.2 Å². The zero-order chi connectivity index (χ0) is 17.2. The minimum Gasteiger partial charge on any atom is -0.370 e. The van der Waals surface area contributed by atoms with Crippen molar-refractivity contribution in [1.29, 1.82) is 5.26 Å². The molecule has 25 heavy (non-hydrogen) atoms. The number of hydrogen-bond acceptors (Lipinski definition) is 4. The van der Waals surface area contributed by atoms with E-state index in [4.69, 9.17) is 10.4 Å². The van der Waals surface area contributed by atoms with Crippen LogP contribution in [-0.2, 0) is 6.42 Å². The summed E-state index contributed by atoms with van der Waals surface area (Å²) < 4.78 is 2.88. The van der Waals surface area contributed by atoms with E-state index in [1.54, 1.807) is 6.20 Å². The largest absolute Gasteiger partial charge is 0.370 e. The molecule has 4 rings (SSSR count). The highest BCUT2D eigenvalue weighted by Gasteiger charge is 2.22. The molecule has 0 atom stereocenters. The first-order chi connectivity index (χ1) is 12.3. The molecule has 3 aromatic rings. The van der Waals surface area contributed by atoms with Crippen LogP contribution in [0.2, 0.25) is 0 Å². The Bertz CT molecular complexity index is 953. The summed E-state index contributed by atoms with van der Waals surface area (Å²) in [6, 6.07) is 11.7. The molecule has 0 spiro atoms. The zero-order valence-corrected chi connectivity index (χ0v) is 15.1. The molecule has 1 N–H and O–H groups in total. The summed E-state index contributed by atoms with van der Waals surface area (Å²) in [7, 11) is 0. The molecule has 1 aliphatic heterocycles. The molecule has 0 fully saturated rings. The van der Waals surface area contributed by atoms with Crippen molar-refractivity contribution in [2.24, 2.45) is 0 Å². The number of benzene rings is 1. The minimum atomic E-state index is 0.645. The molecule has 5 nitrogen and oxygen atoms in total. The average Bonchev–Trinajstić information content (AvgIpc) is 2.83.